The Morgan fingerprint density at radius 3 is 1.17 bits per heavy atom. The molecule has 0 N–H and O–H groups in total. The normalized spacial score (nSPS) is 12.3. The van der Waals surface area contributed by atoms with Gasteiger partial charge in [0.15, 0.2) is 0 Å². The molecule has 0 aliphatic carbocycles. The molecule has 0 saturated heterocycles. The highest BCUT2D eigenvalue weighted by molar-refractivity contribution is 5.80. The summed E-state index contributed by atoms with van der Waals surface area (Å²) >= 11 is 0. The summed E-state index contributed by atoms with van der Waals surface area (Å²) in [4.78, 5) is 21.5. The maximum Gasteiger partial charge on any atom is 0.133 e. The molecule has 68 valence electrons. The van der Waals surface area contributed by atoms with Crippen molar-refractivity contribution in [2.24, 2.45) is 0 Å². The summed E-state index contributed by atoms with van der Waals surface area (Å²) in [5.74, 6) is 0.297. The molecule has 0 amide bonds. The van der Waals surface area contributed by atoms with Crippen LogP contribution in [0.5, 0.6) is 0 Å². The van der Waals surface area contributed by atoms with Crippen molar-refractivity contribution in [3.63, 3.8) is 0 Å². The van der Waals surface area contributed by atoms with Gasteiger partial charge in [-0.3, -0.25) is 9.59 Å². The minimum absolute atomic E-state index is 0.149. The molecule has 0 radical (unpaired) electrons. The number of hydrogen-bond donors (Lipinski definition) is 0. The molecule has 0 aliphatic rings. The fourth-order valence-electron chi connectivity index (χ4n) is 1.05. The third-order valence-electron chi connectivity index (χ3n) is 1.76. The monoisotopic (exact) mass is 168 g/mol. The first-order valence-corrected chi connectivity index (χ1v) is 4.07. The molecule has 0 aliphatic heterocycles. The van der Waals surface area contributed by atoms with Gasteiger partial charge in [-0.15, -0.1) is 0 Å². The smallest absolute Gasteiger partial charge is 0.133 e. The van der Waals surface area contributed by atoms with Gasteiger partial charge in [-0.25, -0.2) is 0 Å². The molecule has 2 nitrogen and oxygen atoms in total. The van der Waals surface area contributed by atoms with Crippen molar-refractivity contribution < 1.29 is 9.59 Å². The molecule has 0 atom stereocenters. The van der Waals surface area contributed by atoms with Gasteiger partial charge in [0.1, 0.15) is 11.6 Å². The van der Waals surface area contributed by atoms with Crippen molar-refractivity contribution in [1.29, 1.82) is 0 Å². The van der Waals surface area contributed by atoms with Crippen LogP contribution in [0.3, 0.4) is 0 Å². The van der Waals surface area contributed by atoms with E-state index in [-0.39, 0.29) is 11.6 Å². The van der Waals surface area contributed by atoms with Gasteiger partial charge in [0.2, 0.25) is 0 Å². The first kappa shape index (κ1) is 11.1. The lowest BCUT2D eigenvalue weighted by Crippen LogP contribution is -1.97. The predicted octanol–water partition coefficient (Wildman–Crippen LogP) is 2.28. The van der Waals surface area contributed by atoms with Gasteiger partial charge < -0.3 is 0 Å². The highest BCUT2D eigenvalue weighted by atomic mass is 16.1. The van der Waals surface area contributed by atoms with Crippen LogP contribution in [0.25, 0.3) is 0 Å². The topological polar surface area (TPSA) is 34.1 Å². The first-order valence-electron chi connectivity index (χ1n) is 4.07. The molecule has 0 heterocycles. The van der Waals surface area contributed by atoms with E-state index >= 15 is 0 Å². The van der Waals surface area contributed by atoms with E-state index in [0.717, 1.165) is 11.1 Å². The van der Waals surface area contributed by atoms with Crippen LogP contribution in [0.4, 0.5) is 0 Å². The molecule has 0 aromatic rings. The first-order chi connectivity index (χ1) is 5.43. The van der Waals surface area contributed by atoms with E-state index < -0.39 is 0 Å². The van der Waals surface area contributed by atoms with Crippen LogP contribution in [-0.2, 0) is 9.59 Å². The van der Waals surface area contributed by atoms with E-state index in [1.165, 1.54) is 0 Å². The Morgan fingerprint density at radius 2 is 1.00 bits per heavy atom. The fourth-order valence-corrected chi connectivity index (χ4v) is 1.05. The number of ketones is 2. The highest BCUT2D eigenvalue weighted by Crippen LogP contribution is 2.11. The third-order valence-corrected chi connectivity index (χ3v) is 1.76. The molecule has 0 aromatic heterocycles. The zero-order chi connectivity index (χ0) is 9.72. The average Bonchev–Trinajstić information content (AvgIpc) is 1.84. The Balaban J connectivity index is 4.25. The Bertz CT molecular complexity index is 200. The van der Waals surface area contributed by atoms with Crippen molar-refractivity contribution in [1.82, 2.24) is 0 Å². The molecule has 0 fully saturated rings. The highest BCUT2D eigenvalue weighted by Gasteiger charge is 2.02. The zero-order valence-electron chi connectivity index (χ0n) is 8.23. The van der Waals surface area contributed by atoms with Crippen LogP contribution in [0.15, 0.2) is 11.1 Å². The number of Topliss-reactive ketones (excluding diaryl/α,β-unsaturated/α-hetero) is 2. The van der Waals surface area contributed by atoms with Gasteiger partial charge in [0, 0.05) is 12.8 Å². The summed E-state index contributed by atoms with van der Waals surface area (Å²) < 4.78 is 0. The summed E-state index contributed by atoms with van der Waals surface area (Å²) in [5, 5.41) is 0. The van der Waals surface area contributed by atoms with E-state index in [2.05, 4.69) is 0 Å². The van der Waals surface area contributed by atoms with Crippen LogP contribution in [0, 0.1) is 0 Å². The van der Waals surface area contributed by atoms with Crippen LogP contribution < -0.4 is 0 Å². The van der Waals surface area contributed by atoms with Gasteiger partial charge >= 0.3 is 0 Å². The van der Waals surface area contributed by atoms with Crippen LogP contribution in [0.2, 0.25) is 0 Å². The predicted molar refractivity (Wildman–Crippen MR) is 49.0 cm³/mol. The zero-order valence-corrected chi connectivity index (χ0v) is 8.23. The van der Waals surface area contributed by atoms with E-state index in [9.17, 15) is 9.59 Å². The third kappa shape index (κ3) is 4.83. The fraction of sp³-hybridized carbons (Fsp3) is 0.600. The second-order valence-corrected chi connectivity index (χ2v) is 3.32. The van der Waals surface area contributed by atoms with Crippen LogP contribution in [-0.4, -0.2) is 11.6 Å². The largest absolute Gasteiger partial charge is 0.300 e. The second-order valence-electron chi connectivity index (χ2n) is 3.32. The maximum atomic E-state index is 10.7. The van der Waals surface area contributed by atoms with Gasteiger partial charge in [-0.05, 0) is 27.7 Å². The van der Waals surface area contributed by atoms with Crippen LogP contribution >= 0.6 is 0 Å². The van der Waals surface area contributed by atoms with E-state index in [1.54, 1.807) is 13.8 Å². The molecule has 0 saturated carbocycles. The number of carbonyl (C=O) groups is 2. The number of rotatable bonds is 4. The SMILES string of the molecule is CC(=O)C/C(C)=C(/C)CC(C)=O. The summed E-state index contributed by atoms with van der Waals surface area (Å²) in [6.07, 6.45) is 0.943. The minimum atomic E-state index is 0.149. The number of allylic oxidation sites excluding steroid dienone is 2. The Labute approximate surface area is 73.7 Å². The minimum Gasteiger partial charge on any atom is -0.300 e. The van der Waals surface area contributed by atoms with Crippen molar-refractivity contribution in [2.75, 3.05) is 0 Å². The van der Waals surface area contributed by atoms with E-state index in [0.29, 0.717) is 12.8 Å². The van der Waals surface area contributed by atoms with Crippen molar-refractivity contribution >= 4 is 11.6 Å². The van der Waals surface area contributed by atoms with Gasteiger partial charge in [-0.1, -0.05) is 11.1 Å². The maximum absolute atomic E-state index is 10.7. The van der Waals surface area contributed by atoms with Gasteiger partial charge in [0.05, 0.1) is 0 Å². The summed E-state index contributed by atoms with van der Waals surface area (Å²) in [6.45, 7) is 6.93. The molecule has 2 heteroatoms. The molecule has 0 rings (SSSR count). The lowest BCUT2D eigenvalue weighted by molar-refractivity contribution is -0.117. The van der Waals surface area contributed by atoms with Crippen LogP contribution in [0.1, 0.15) is 40.5 Å². The number of hydrogen-bond acceptors (Lipinski definition) is 2. The summed E-state index contributed by atoms with van der Waals surface area (Å²) in [5.41, 5.74) is 2.05. The Kier molecular flexibility index (Phi) is 4.49. The van der Waals surface area contributed by atoms with Gasteiger partial charge in [-0.2, -0.15) is 0 Å². The van der Waals surface area contributed by atoms with E-state index in [4.69, 9.17) is 0 Å². The quantitative estimate of drug-likeness (QED) is 0.603. The Hall–Kier alpha value is -0.920. The molecule has 0 bridgehead atoms. The van der Waals surface area contributed by atoms with Crippen molar-refractivity contribution in [2.45, 2.75) is 40.5 Å². The summed E-state index contributed by atoms with van der Waals surface area (Å²) in [7, 11) is 0. The molecule has 0 aromatic carbocycles. The molecule has 12 heavy (non-hydrogen) atoms. The van der Waals surface area contributed by atoms with E-state index in [1.807, 2.05) is 13.8 Å². The lowest BCUT2D eigenvalue weighted by atomic mass is 10.0. The molecule has 0 spiro atoms. The van der Waals surface area contributed by atoms with Crippen molar-refractivity contribution in [3.8, 4) is 0 Å². The number of carbonyl (C=O) groups excluding carboxylic acids is 2. The van der Waals surface area contributed by atoms with Gasteiger partial charge in [0.25, 0.3) is 0 Å². The summed E-state index contributed by atoms with van der Waals surface area (Å²) in [6, 6.07) is 0. The standard InChI is InChI=1S/C10H16O2/c1-7(5-9(3)11)8(2)6-10(4)12/h5-6H2,1-4H3/b8-7-. The Morgan fingerprint density at radius 1 is 0.750 bits per heavy atom. The molecular weight excluding hydrogens is 152 g/mol. The average molecular weight is 168 g/mol. The molecular formula is C10H16O2. The molecule has 0 unspecified atom stereocenters. The second kappa shape index (κ2) is 4.86. The lowest BCUT2D eigenvalue weighted by Gasteiger charge is -2.03. The van der Waals surface area contributed by atoms with Crippen molar-refractivity contribution in [3.05, 3.63) is 11.1 Å².